The van der Waals surface area contributed by atoms with Gasteiger partial charge in [0.15, 0.2) is 0 Å². The van der Waals surface area contributed by atoms with Gasteiger partial charge >= 0.3 is 5.97 Å². The minimum Gasteiger partial charge on any atom is -0.481 e. The molecule has 0 bridgehead atoms. The smallest absolute Gasteiger partial charge is 0.337 e. The molecule has 0 aliphatic carbocycles. The summed E-state index contributed by atoms with van der Waals surface area (Å²) in [5.41, 5.74) is 0.446. The maximum atomic E-state index is 11.1. The molecule has 1 aromatic rings. The fourth-order valence-electron chi connectivity index (χ4n) is 0.956. The van der Waals surface area contributed by atoms with E-state index in [1.54, 1.807) is 24.3 Å². The molecule has 0 spiro atoms. The Labute approximate surface area is 110 Å². The second-order valence-electron chi connectivity index (χ2n) is 2.51. The Kier molecular flexibility index (Phi) is 13.4. The van der Waals surface area contributed by atoms with Crippen LogP contribution in [0.1, 0.15) is 38.1 Å². The number of ether oxygens (including phenoxy) is 2. The Hall–Kier alpha value is -1.95. The van der Waals surface area contributed by atoms with Crippen molar-refractivity contribution in [2.24, 2.45) is 0 Å². The van der Waals surface area contributed by atoms with Crippen LogP contribution in [-0.4, -0.2) is 19.7 Å². The number of terminal acetylenes is 1. The molecule has 3 nitrogen and oxygen atoms in total. The molecule has 0 aliphatic heterocycles. The Morgan fingerprint density at radius 3 is 2.39 bits per heavy atom. The number of carbonyl (C=O) groups is 1. The molecule has 0 amide bonds. The third-order valence-electron chi connectivity index (χ3n) is 1.58. The van der Waals surface area contributed by atoms with Crippen LogP contribution in [-0.2, 0) is 4.74 Å². The van der Waals surface area contributed by atoms with Gasteiger partial charge in [0, 0.05) is 0 Å². The molecule has 18 heavy (non-hydrogen) atoms. The SMILES string of the molecule is C#CCOc1cccc(C(=O)OC)c1.CC.CC. The lowest BCUT2D eigenvalue weighted by molar-refractivity contribution is 0.0600. The summed E-state index contributed by atoms with van der Waals surface area (Å²) in [6.07, 6.45) is 5.03. The molecule has 1 aromatic carbocycles. The maximum Gasteiger partial charge on any atom is 0.337 e. The van der Waals surface area contributed by atoms with E-state index in [2.05, 4.69) is 10.7 Å². The van der Waals surface area contributed by atoms with E-state index in [1.165, 1.54) is 7.11 Å². The minimum absolute atomic E-state index is 0.185. The molecular weight excluding hydrogens is 228 g/mol. The Balaban J connectivity index is 0. The lowest BCUT2D eigenvalue weighted by atomic mass is 10.2. The summed E-state index contributed by atoms with van der Waals surface area (Å²) in [6.45, 7) is 8.19. The van der Waals surface area contributed by atoms with Crippen molar-refractivity contribution in [2.75, 3.05) is 13.7 Å². The molecule has 1 rings (SSSR count). The molecule has 0 unspecified atom stereocenters. The highest BCUT2D eigenvalue weighted by molar-refractivity contribution is 5.89. The van der Waals surface area contributed by atoms with Crippen molar-refractivity contribution >= 4 is 5.97 Å². The van der Waals surface area contributed by atoms with Gasteiger partial charge in [-0.1, -0.05) is 39.7 Å². The van der Waals surface area contributed by atoms with Gasteiger partial charge in [0.1, 0.15) is 12.4 Å². The van der Waals surface area contributed by atoms with Crippen molar-refractivity contribution in [3.63, 3.8) is 0 Å². The number of esters is 1. The predicted molar refractivity (Wildman–Crippen MR) is 74.8 cm³/mol. The Morgan fingerprint density at radius 2 is 1.89 bits per heavy atom. The summed E-state index contributed by atoms with van der Waals surface area (Å²) in [5, 5.41) is 0. The second-order valence-corrected chi connectivity index (χ2v) is 2.51. The van der Waals surface area contributed by atoms with Gasteiger partial charge in [0.05, 0.1) is 12.7 Å². The number of rotatable bonds is 3. The van der Waals surface area contributed by atoms with Crippen molar-refractivity contribution in [2.45, 2.75) is 27.7 Å². The lowest BCUT2D eigenvalue weighted by Crippen LogP contribution is -2.01. The summed E-state index contributed by atoms with van der Waals surface area (Å²) >= 11 is 0. The summed E-state index contributed by atoms with van der Waals surface area (Å²) in [7, 11) is 1.33. The summed E-state index contributed by atoms with van der Waals surface area (Å²) in [4.78, 5) is 11.1. The first-order valence-electron chi connectivity index (χ1n) is 6.02. The van der Waals surface area contributed by atoms with Gasteiger partial charge in [0.2, 0.25) is 0 Å². The minimum atomic E-state index is -0.392. The van der Waals surface area contributed by atoms with Crippen molar-refractivity contribution < 1.29 is 14.3 Å². The van der Waals surface area contributed by atoms with Crippen LogP contribution in [0, 0.1) is 12.3 Å². The van der Waals surface area contributed by atoms with Gasteiger partial charge in [-0.05, 0) is 18.2 Å². The van der Waals surface area contributed by atoms with Crippen LogP contribution in [0.2, 0.25) is 0 Å². The number of hydrogen-bond donors (Lipinski definition) is 0. The highest BCUT2D eigenvalue weighted by atomic mass is 16.5. The zero-order valence-electron chi connectivity index (χ0n) is 11.8. The van der Waals surface area contributed by atoms with Crippen molar-refractivity contribution in [3.05, 3.63) is 29.8 Å². The molecule has 0 saturated heterocycles. The molecule has 0 aromatic heterocycles. The molecular formula is C15H22O3. The molecule has 3 heteroatoms. The molecule has 0 N–H and O–H groups in total. The highest BCUT2D eigenvalue weighted by Crippen LogP contribution is 2.13. The van der Waals surface area contributed by atoms with Gasteiger partial charge in [-0.15, -0.1) is 6.42 Å². The maximum absolute atomic E-state index is 11.1. The van der Waals surface area contributed by atoms with Crippen LogP contribution in [0.3, 0.4) is 0 Å². The first-order chi connectivity index (χ1) is 8.77. The van der Waals surface area contributed by atoms with Gasteiger partial charge in [-0.3, -0.25) is 0 Å². The summed E-state index contributed by atoms with van der Waals surface area (Å²) < 4.78 is 9.71. The normalized spacial score (nSPS) is 7.56. The fraction of sp³-hybridized carbons (Fsp3) is 0.400. The largest absolute Gasteiger partial charge is 0.481 e. The van der Waals surface area contributed by atoms with Crippen LogP contribution >= 0.6 is 0 Å². The van der Waals surface area contributed by atoms with E-state index in [1.807, 2.05) is 27.7 Å². The fourth-order valence-corrected chi connectivity index (χ4v) is 0.956. The van der Waals surface area contributed by atoms with Gasteiger partial charge in [0.25, 0.3) is 0 Å². The molecule has 0 atom stereocenters. The monoisotopic (exact) mass is 250 g/mol. The van der Waals surface area contributed by atoms with Crippen molar-refractivity contribution in [1.82, 2.24) is 0 Å². The molecule has 0 saturated carbocycles. The van der Waals surface area contributed by atoms with E-state index in [9.17, 15) is 4.79 Å². The quantitative estimate of drug-likeness (QED) is 0.608. The molecule has 0 heterocycles. The van der Waals surface area contributed by atoms with Gasteiger partial charge in [-0.25, -0.2) is 4.79 Å². The van der Waals surface area contributed by atoms with E-state index in [0.29, 0.717) is 11.3 Å². The first kappa shape index (κ1) is 18.4. The van der Waals surface area contributed by atoms with E-state index in [4.69, 9.17) is 11.2 Å². The summed E-state index contributed by atoms with van der Waals surface area (Å²) in [5.74, 6) is 2.51. The average Bonchev–Trinajstić information content (AvgIpc) is 2.48. The zero-order valence-corrected chi connectivity index (χ0v) is 11.8. The Bertz CT molecular complexity index is 364. The third-order valence-corrected chi connectivity index (χ3v) is 1.58. The van der Waals surface area contributed by atoms with E-state index < -0.39 is 5.97 Å². The molecule has 0 aliphatic rings. The van der Waals surface area contributed by atoms with Gasteiger partial charge in [-0.2, -0.15) is 0 Å². The third kappa shape index (κ3) is 7.34. The zero-order chi connectivity index (χ0) is 14.4. The topological polar surface area (TPSA) is 35.5 Å². The standard InChI is InChI=1S/C11H10O3.2C2H6/c1-3-7-14-10-6-4-5-9(8-10)11(12)13-2;2*1-2/h1,4-6,8H,7H2,2H3;2*1-2H3. The van der Waals surface area contributed by atoms with Crippen LogP contribution in [0.25, 0.3) is 0 Å². The summed E-state index contributed by atoms with van der Waals surface area (Å²) in [6, 6.07) is 6.67. The number of hydrogen-bond acceptors (Lipinski definition) is 3. The van der Waals surface area contributed by atoms with E-state index in [-0.39, 0.29) is 6.61 Å². The van der Waals surface area contributed by atoms with Crippen LogP contribution in [0.4, 0.5) is 0 Å². The lowest BCUT2D eigenvalue weighted by Gasteiger charge is -2.03. The number of carbonyl (C=O) groups excluding carboxylic acids is 1. The van der Waals surface area contributed by atoms with Crippen LogP contribution < -0.4 is 4.74 Å². The van der Waals surface area contributed by atoms with Gasteiger partial charge < -0.3 is 9.47 Å². The Morgan fingerprint density at radius 1 is 1.28 bits per heavy atom. The average molecular weight is 250 g/mol. The second kappa shape index (κ2) is 13.1. The van der Waals surface area contributed by atoms with Crippen LogP contribution in [0.15, 0.2) is 24.3 Å². The van der Waals surface area contributed by atoms with E-state index >= 15 is 0 Å². The van der Waals surface area contributed by atoms with Crippen molar-refractivity contribution in [3.8, 4) is 18.1 Å². The molecule has 100 valence electrons. The van der Waals surface area contributed by atoms with Crippen molar-refractivity contribution in [1.29, 1.82) is 0 Å². The predicted octanol–water partition coefficient (Wildman–Crippen LogP) is 3.54. The number of benzene rings is 1. The number of methoxy groups -OCH3 is 1. The van der Waals surface area contributed by atoms with E-state index in [0.717, 1.165) is 0 Å². The highest BCUT2D eigenvalue weighted by Gasteiger charge is 2.05. The molecule has 0 fully saturated rings. The molecule has 0 radical (unpaired) electrons. The van der Waals surface area contributed by atoms with Crippen LogP contribution in [0.5, 0.6) is 5.75 Å². The first-order valence-corrected chi connectivity index (χ1v) is 6.02.